The van der Waals surface area contributed by atoms with Gasteiger partial charge in [0.1, 0.15) is 0 Å². The van der Waals surface area contributed by atoms with E-state index < -0.39 is 5.92 Å². The zero-order valence-electron chi connectivity index (χ0n) is 14.6. The molecule has 4 unspecified atom stereocenters. The van der Waals surface area contributed by atoms with Gasteiger partial charge in [0.15, 0.2) is 0 Å². The molecule has 8 heteroatoms. The standard InChI is InChI=1S/C4H8.C3H6F2.2C3H10OP2.CH4/c1-4(2)3;1-3(2,4)5;2*1-3(2)4-6-5;/h1H2,2-3H3;1-2H3;2*3,6H,5H2,1-2H3;1H4. The van der Waals surface area contributed by atoms with Crippen LogP contribution in [0.4, 0.5) is 8.78 Å². The summed E-state index contributed by atoms with van der Waals surface area (Å²) in [6, 6.07) is 0. The van der Waals surface area contributed by atoms with E-state index in [1.54, 1.807) is 0 Å². The summed E-state index contributed by atoms with van der Waals surface area (Å²) in [4.78, 5) is 0. The van der Waals surface area contributed by atoms with E-state index in [2.05, 4.69) is 24.4 Å². The first-order valence-corrected chi connectivity index (χ1v) is 11.9. The third-order valence-corrected chi connectivity index (χ3v) is 2.64. The summed E-state index contributed by atoms with van der Waals surface area (Å²) in [7, 11) is 6.17. The molecule has 0 aliphatic heterocycles. The lowest BCUT2D eigenvalue weighted by molar-refractivity contribution is 0.0437. The van der Waals surface area contributed by atoms with Gasteiger partial charge in [-0.2, -0.15) is 0 Å². The monoisotopic (exact) mass is 400 g/mol. The molecule has 0 spiro atoms. The second-order valence-corrected chi connectivity index (χ2v) is 7.46. The minimum absolute atomic E-state index is 0. The average molecular weight is 400 g/mol. The first-order chi connectivity index (χ1) is 9.27. The Morgan fingerprint density at radius 1 is 0.955 bits per heavy atom. The number of allylic oxidation sites excluding steroid dienone is 1. The minimum Gasteiger partial charge on any atom is -0.356 e. The quantitative estimate of drug-likeness (QED) is 0.360. The van der Waals surface area contributed by atoms with E-state index in [4.69, 9.17) is 9.05 Å². The zero-order valence-corrected chi connectivity index (χ0v) is 18.9. The lowest BCUT2D eigenvalue weighted by Gasteiger charge is -1.99. The molecule has 0 aromatic carbocycles. The summed E-state index contributed by atoms with van der Waals surface area (Å²) < 4.78 is 32.1. The van der Waals surface area contributed by atoms with Crippen molar-refractivity contribution < 1.29 is 17.8 Å². The Kier molecular flexibility index (Phi) is 38.5. The van der Waals surface area contributed by atoms with Crippen LogP contribution >= 0.6 is 34.8 Å². The molecule has 0 aliphatic carbocycles. The van der Waals surface area contributed by atoms with Crippen molar-refractivity contribution >= 4 is 34.8 Å². The van der Waals surface area contributed by atoms with Crippen molar-refractivity contribution in [3.63, 3.8) is 0 Å². The molecular formula is C14H38F2O2P4. The van der Waals surface area contributed by atoms with Gasteiger partial charge >= 0.3 is 0 Å². The highest BCUT2D eigenvalue weighted by Crippen LogP contribution is 2.23. The fraction of sp³-hybridized carbons (Fsp3) is 0.857. The van der Waals surface area contributed by atoms with E-state index in [1.165, 1.54) is 5.57 Å². The van der Waals surface area contributed by atoms with Gasteiger partial charge in [0.2, 0.25) is 5.92 Å². The molecule has 2 nitrogen and oxygen atoms in total. The summed E-state index contributed by atoms with van der Waals surface area (Å²) >= 11 is 0. The smallest absolute Gasteiger partial charge is 0.242 e. The summed E-state index contributed by atoms with van der Waals surface area (Å²) in [5.41, 5.74) is 1.17. The maximum atomic E-state index is 11.0. The van der Waals surface area contributed by atoms with Crippen LogP contribution in [0.25, 0.3) is 0 Å². The van der Waals surface area contributed by atoms with Crippen LogP contribution in [0.15, 0.2) is 12.2 Å². The zero-order chi connectivity index (χ0) is 18.1. The maximum Gasteiger partial charge on any atom is 0.242 e. The van der Waals surface area contributed by atoms with Gasteiger partial charge in [-0.3, -0.25) is 0 Å². The van der Waals surface area contributed by atoms with Crippen molar-refractivity contribution in [3.8, 4) is 0 Å². The van der Waals surface area contributed by atoms with Crippen LogP contribution in [0, 0.1) is 0 Å². The lowest BCUT2D eigenvalue weighted by Crippen LogP contribution is -1.98. The number of rotatable bonds is 4. The summed E-state index contributed by atoms with van der Waals surface area (Å²) in [5, 5.41) is 0. The van der Waals surface area contributed by atoms with Gasteiger partial charge in [-0.15, -0.1) is 6.58 Å². The van der Waals surface area contributed by atoms with Crippen LogP contribution in [0.1, 0.15) is 62.8 Å². The van der Waals surface area contributed by atoms with Gasteiger partial charge in [0.25, 0.3) is 0 Å². The van der Waals surface area contributed by atoms with Gasteiger partial charge in [0, 0.05) is 17.0 Å². The fourth-order valence-corrected chi connectivity index (χ4v) is 2.45. The van der Waals surface area contributed by atoms with Crippen molar-refractivity contribution in [2.75, 3.05) is 0 Å². The molecule has 0 aliphatic rings. The van der Waals surface area contributed by atoms with Crippen molar-refractivity contribution in [2.45, 2.75) is 80.9 Å². The molecule has 0 N–H and O–H groups in total. The molecule has 0 aromatic heterocycles. The Labute approximate surface area is 146 Å². The SMILES string of the molecule is C.C=C(C)C.CC(C)(F)F.CC(C)OPP.CC(C)OPP. The van der Waals surface area contributed by atoms with Crippen LogP contribution in [0.5, 0.6) is 0 Å². The molecule has 0 bridgehead atoms. The Morgan fingerprint density at radius 2 is 1.09 bits per heavy atom. The predicted octanol–water partition coefficient (Wildman–Crippen LogP) is 7.47. The Balaban J connectivity index is -0.0000000582. The fourth-order valence-electron chi connectivity index (χ4n) is 0.272. The summed E-state index contributed by atoms with van der Waals surface area (Å²) in [5.74, 6) is -2.50. The molecule has 4 atom stereocenters. The number of halogens is 2. The number of hydrogen-bond acceptors (Lipinski definition) is 2. The predicted molar refractivity (Wildman–Crippen MR) is 112 cm³/mol. The van der Waals surface area contributed by atoms with Crippen LogP contribution in [-0.2, 0) is 9.05 Å². The number of alkyl halides is 2. The van der Waals surface area contributed by atoms with Gasteiger partial charge in [-0.05, 0) is 55.4 Å². The molecule has 140 valence electrons. The molecular weight excluding hydrogens is 362 g/mol. The molecule has 22 heavy (non-hydrogen) atoms. The third-order valence-electron chi connectivity index (χ3n) is 0.607. The van der Waals surface area contributed by atoms with Crippen LogP contribution in [0.2, 0.25) is 0 Å². The molecule has 0 radical (unpaired) electrons. The normalized spacial score (nSPS) is 10.5. The third kappa shape index (κ3) is 166. The van der Waals surface area contributed by atoms with E-state index >= 15 is 0 Å². The molecule has 0 saturated carbocycles. The Bertz CT molecular complexity index is 192. The maximum absolute atomic E-state index is 11.0. The average Bonchev–Trinajstić information content (AvgIpc) is 2.13. The van der Waals surface area contributed by atoms with Crippen molar-refractivity contribution in [3.05, 3.63) is 12.2 Å². The van der Waals surface area contributed by atoms with Crippen molar-refractivity contribution in [1.82, 2.24) is 0 Å². The summed E-state index contributed by atoms with van der Waals surface area (Å²) in [6.45, 7) is 17.3. The Hall–Kier alpha value is 1.24. The number of hydrogen-bond donors (Lipinski definition) is 0. The molecule has 0 heterocycles. The molecule has 0 aromatic rings. The molecule has 0 fully saturated rings. The first-order valence-electron chi connectivity index (χ1n) is 6.50. The van der Waals surface area contributed by atoms with Crippen molar-refractivity contribution in [2.24, 2.45) is 0 Å². The van der Waals surface area contributed by atoms with Gasteiger partial charge in [-0.1, -0.05) is 30.9 Å². The highest BCUT2D eigenvalue weighted by atomic mass is 32.0. The van der Waals surface area contributed by atoms with E-state index in [0.717, 1.165) is 13.8 Å². The van der Waals surface area contributed by atoms with E-state index in [0.29, 0.717) is 29.2 Å². The Morgan fingerprint density at radius 3 is 1.09 bits per heavy atom. The van der Waals surface area contributed by atoms with Gasteiger partial charge in [0.05, 0.1) is 12.2 Å². The molecule has 0 rings (SSSR count). The van der Waals surface area contributed by atoms with E-state index in [-0.39, 0.29) is 7.43 Å². The first kappa shape index (κ1) is 34.6. The topological polar surface area (TPSA) is 18.5 Å². The second kappa shape index (κ2) is 24.5. The highest BCUT2D eigenvalue weighted by molar-refractivity contribution is 8.00. The minimum atomic E-state index is -2.50. The largest absolute Gasteiger partial charge is 0.356 e. The molecule has 0 saturated heterocycles. The summed E-state index contributed by atoms with van der Waals surface area (Å²) in [6.07, 6.45) is 0.779. The van der Waals surface area contributed by atoms with Gasteiger partial charge in [-0.25, -0.2) is 8.78 Å². The molecule has 0 amide bonds. The van der Waals surface area contributed by atoms with Crippen LogP contribution in [-0.4, -0.2) is 18.1 Å². The highest BCUT2D eigenvalue weighted by Gasteiger charge is 2.08. The van der Waals surface area contributed by atoms with Crippen molar-refractivity contribution in [1.29, 1.82) is 0 Å². The van der Waals surface area contributed by atoms with E-state index in [1.807, 2.05) is 41.5 Å². The van der Waals surface area contributed by atoms with Crippen LogP contribution < -0.4 is 0 Å². The second-order valence-electron chi connectivity index (χ2n) is 5.10. The lowest BCUT2D eigenvalue weighted by atomic mass is 10.4. The van der Waals surface area contributed by atoms with E-state index in [9.17, 15) is 8.78 Å². The van der Waals surface area contributed by atoms with Crippen LogP contribution in [0.3, 0.4) is 0 Å². The van der Waals surface area contributed by atoms with Gasteiger partial charge < -0.3 is 9.05 Å².